The monoisotopic (exact) mass is 210 g/mol. The molecule has 4 N–H and O–H groups in total. The van der Waals surface area contributed by atoms with Gasteiger partial charge < -0.3 is 20.8 Å². The van der Waals surface area contributed by atoms with Crippen LogP contribution in [0.1, 0.15) is 10.4 Å². The van der Waals surface area contributed by atoms with Crippen molar-refractivity contribution >= 4 is 5.91 Å². The number of hydrogen-bond donors (Lipinski definition) is 3. The van der Waals surface area contributed by atoms with Crippen molar-refractivity contribution in [3.05, 3.63) is 23.8 Å². The van der Waals surface area contributed by atoms with E-state index in [4.69, 9.17) is 5.73 Å². The first-order valence-electron chi connectivity index (χ1n) is 4.54. The molecule has 1 rings (SSSR count). The summed E-state index contributed by atoms with van der Waals surface area (Å²) in [5.41, 5.74) is 5.21. The molecule has 0 unspecified atom stereocenters. The van der Waals surface area contributed by atoms with Gasteiger partial charge in [0.15, 0.2) is 0 Å². The molecule has 0 saturated carbocycles. The lowest BCUT2D eigenvalue weighted by atomic mass is 10.1. The predicted molar refractivity (Wildman–Crippen MR) is 55.8 cm³/mol. The van der Waals surface area contributed by atoms with Gasteiger partial charge in [0.2, 0.25) is 0 Å². The zero-order valence-corrected chi connectivity index (χ0v) is 8.47. The lowest BCUT2D eigenvalue weighted by Crippen LogP contribution is -2.31. The largest absolute Gasteiger partial charge is 0.507 e. The number of phenols is 2. The van der Waals surface area contributed by atoms with Crippen molar-refractivity contribution in [2.45, 2.75) is 0 Å². The molecule has 5 nitrogen and oxygen atoms in total. The minimum absolute atomic E-state index is 0.0894. The van der Waals surface area contributed by atoms with Crippen LogP contribution in [0.3, 0.4) is 0 Å². The zero-order chi connectivity index (χ0) is 11.4. The molecule has 82 valence electrons. The Morgan fingerprint density at radius 3 is 2.40 bits per heavy atom. The van der Waals surface area contributed by atoms with Crippen LogP contribution in [0.25, 0.3) is 0 Å². The van der Waals surface area contributed by atoms with E-state index in [-0.39, 0.29) is 17.1 Å². The fourth-order valence-electron chi connectivity index (χ4n) is 1.23. The second-order valence-electron chi connectivity index (χ2n) is 3.19. The summed E-state index contributed by atoms with van der Waals surface area (Å²) in [5.74, 6) is -0.913. The van der Waals surface area contributed by atoms with Gasteiger partial charge in [-0.15, -0.1) is 0 Å². The fourth-order valence-corrected chi connectivity index (χ4v) is 1.23. The van der Waals surface area contributed by atoms with E-state index >= 15 is 0 Å². The van der Waals surface area contributed by atoms with E-state index in [0.29, 0.717) is 13.1 Å². The Hall–Kier alpha value is -1.75. The minimum atomic E-state index is -0.448. The normalized spacial score (nSPS) is 10.0. The number of hydrogen-bond acceptors (Lipinski definition) is 4. The van der Waals surface area contributed by atoms with Crippen molar-refractivity contribution in [1.29, 1.82) is 0 Å². The number of amides is 1. The van der Waals surface area contributed by atoms with Gasteiger partial charge in [-0.05, 0) is 12.1 Å². The molecule has 0 aromatic heterocycles. The number of nitrogens with two attached hydrogens (primary N) is 1. The average molecular weight is 210 g/mol. The average Bonchev–Trinajstić information content (AvgIpc) is 2.17. The van der Waals surface area contributed by atoms with Crippen molar-refractivity contribution < 1.29 is 15.0 Å². The van der Waals surface area contributed by atoms with Gasteiger partial charge in [0.25, 0.3) is 5.91 Å². The quantitative estimate of drug-likeness (QED) is 0.661. The lowest BCUT2D eigenvalue weighted by Gasteiger charge is -2.17. The maximum atomic E-state index is 11.7. The van der Waals surface area contributed by atoms with Gasteiger partial charge in [0, 0.05) is 20.1 Å². The first-order chi connectivity index (χ1) is 7.07. The van der Waals surface area contributed by atoms with Crippen LogP contribution in [0.15, 0.2) is 18.2 Å². The highest BCUT2D eigenvalue weighted by molar-refractivity contribution is 5.99. The number of benzene rings is 1. The first-order valence-corrected chi connectivity index (χ1v) is 4.54. The van der Waals surface area contributed by atoms with Gasteiger partial charge in [0.1, 0.15) is 17.1 Å². The van der Waals surface area contributed by atoms with Crippen molar-refractivity contribution in [1.82, 2.24) is 4.90 Å². The Labute approximate surface area is 87.7 Å². The molecular weight excluding hydrogens is 196 g/mol. The minimum Gasteiger partial charge on any atom is -0.507 e. The van der Waals surface area contributed by atoms with E-state index in [1.807, 2.05) is 0 Å². The number of phenolic OH excluding ortho intramolecular Hbond substituents is 2. The van der Waals surface area contributed by atoms with Crippen LogP contribution < -0.4 is 5.73 Å². The maximum Gasteiger partial charge on any atom is 0.261 e. The van der Waals surface area contributed by atoms with Crippen LogP contribution in [0, 0.1) is 0 Å². The first kappa shape index (κ1) is 11.3. The molecule has 0 fully saturated rings. The molecule has 0 saturated heterocycles. The summed E-state index contributed by atoms with van der Waals surface area (Å²) in [6.07, 6.45) is 0. The summed E-state index contributed by atoms with van der Waals surface area (Å²) < 4.78 is 0. The number of likely N-dealkylation sites (N-methyl/N-ethyl adjacent to an activating group) is 1. The molecular formula is C10H14N2O3. The third kappa shape index (κ3) is 2.38. The lowest BCUT2D eigenvalue weighted by molar-refractivity contribution is 0.0793. The topological polar surface area (TPSA) is 86.8 Å². The summed E-state index contributed by atoms with van der Waals surface area (Å²) in [7, 11) is 1.56. The number of carbonyl (C=O) groups is 1. The van der Waals surface area contributed by atoms with Crippen LogP contribution in [-0.2, 0) is 0 Å². The maximum absolute atomic E-state index is 11.7. The molecule has 0 atom stereocenters. The zero-order valence-electron chi connectivity index (χ0n) is 8.47. The Morgan fingerprint density at radius 1 is 1.40 bits per heavy atom. The Bertz CT molecular complexity index is 345. The Kier molecular flexibility index (Phi) is 3.51. The highest BCUT2D eigenvalue weighted by atomic mass is 16.3. The van der Waals surface area contributed by atoms with E-state index in [1.165, 1.54) is 23.1 Å². The van der Waals surface area contributed by atoms with Gasteiger partial charge in [0.05, 0.1) is 0 Å². The summed E-state index contributed by atoms with van der Waals surface area (Å²) in [6, 6.07) is 4.16. The standard InChI is InChI=1S/C10H14N2O3/c1-12(6-5-11)10(15)9-7(13)3-2-4-8(9)14/h2-4,13-14H,5-6,11H2,1H3. The third-order valence-corrected chi connectivity index (χ3v) is 2.05. The molecule has 0 heterocycles. The van der Waals surface area contributed by atoms with Crippen molar-refractivity contribution in [2.75, 3.05) is 20.1 Å². The third-order valence-electron chi connectivity index (χ3n) is 2.05. The highest BCUT2D eigenvalue weighted by Gasteiger charge is 2.18. The molecule has 0 spiro atoms. The molecule has 0 bridgehead atoms. The SMILES string of the molecule is CN(CCN)C(=O)c1c(O)cccc1O. The smallest absolute Gasteiger partial charge is 0.261 e. The molecule has 0 aliphatic carbocycles. The van der Waals surface area contributed by atoms with E-state index in [0.717, 1.165) is 0 Å². The molecule has 0 aliphatic rings. The number of carbonyl (C=O) groups excluding carboxylic acids is 1. The summed E-state index contributed by atoms with van der Waals surface area (Å²) in [5, 5.41) is 18.9. The van der Waals surface area contributed by atoms with Crippen molar-refractivity contribution in [3.63, 3.8) is 0 Å². The van der Waals surface area contributed by atoms with Crippen molar-refractivity contribution in [3.8, 4) is 11.5 Å². The summed E-state index contributed by atoms with van der Waals surface area (Å²) in [4.78, 5) is 13.1. The summed E-state index contributed by atoms with van der Waals surface area (Å²) >= 11 is 0. The number of nitrogens with zero attached hydrogens (tertiary/aromatic N) is 1. The molecule has 1 amide bonds. The summed E-state index contributed by atoms with van der Waals surface area (Å²) in [6.45, 7) is 0.698. The van der Waals surface area contributed by atoms with E-state index in [1.54, 1.807) is 7.05 Å². The van der Waals surface area contributed by atoms with Crippen LogP contribution in [-0.4, -0.2) is 41.2 Å². The van der Waals surface area contributed by atoms with Crippen LogP contribution in [0.2, 0.25) is 0 Å². The van der Waals surface area contributed by atoms with Gasteiger partial charge in [-0.1, -0.05) is 6.07 Å². The van der Waals surface area contributed by atoms with Crippen LogP contribution in [0.5, 0.6) is 11.5 Å². The van der Waals surface area contributed by atoms with Gasteiger partial charge >= 0.3 is 0 Å². The van der Waals surface area contributed by atoms with E-state index < -0.39 is 5.91 Å². The van der Waals surface area contributed by atoms with Crippen LogP contribution in [0.4, 0.5) is 0 Å². The second kappa shape index (κ2) is 4.65. The molecule has 1 aromatic carbocycles. The fraction of sp³-hybridized carbons (Fsp3) is 0.300. The molecule has 0 radical (unpaired) electrons. The van der Waals surface area contributed by atoms with Crippen LogP contribution >= 0.6 is 0 Å². The molecule has 15 heavy (non-hydrogen) atoms. The Balaban J connectivity index is 3.00. The number of rotatable bonds is 3. The molecule has 1 aromatic rings. The van der Waals surface area contributed by atoms with Crippen molar-refractivity contribution in [2.24, 2.45) is 5.73 Å². The van der Waals surface area contributed by atoms with E-state index in [2.05, 4.69) is 0 Å². The number of aromatic hydroxyl groups is 2. The highest BCUT2D eigenvalue weighted by Crippen LogP contribution is 2.27. The Morgan fingerprint density at radius 2 is 1.93 bits per heavy atom. The predicted octanol–water partition coefficient (Wildman–Crippen LogP) is 0.128. The van der Waals surface area contributed by atoms with E-state index in [9.17, 15) is 15.0 Å². The van der Waals surface area contributed by atoms with Gasteiger partial charge in [-0.2, -0.15) is 0 Å². The van der Waals surface area contributed by atoms with Gasteiger partial charge in [-0.25, -0.2) is 0 Å². The second-order valence-corrected chi connectivity index (χ2v) is 3.19. The molecule has 0 aliphatic heterocycles. The van der Waals surface area contributed by atoms with Gasteiger partial charge in [-0.3, -0.25) is 4.79 Å². The molecule has 5 heteroatoms.